The lowest BCUT2D eigenvalue weighted by Gasteiger charge is -2.28. The summed E-state index contributed by atoms with van der Waals surface area (Å²) < 4.78 is 0.576. The molecule has 0 aliphatic heterocycles. The van der Waals surface area contributed by atoms with Gasteiger partial charge in [0.15, 0.2) is 0 Å². The summed E-state index contributed by atoms with van der Waals surface area (Å²) in [5, 5.41) is 16.9. The van der Waals surface area contributed by atoms with Crippen LogP contribution >= 0.6 is 15.9 Å². The Kier molecular flexibility index (Phi) is 6.82. The molecule has 0 saturated heterocycles. The van der Waals surface area contributed by atoms with Crippen molar-refractivity contribution in [3.8, 4) is 0 Å². The van der Waals surface area contributed by atoms with Crippen molar-refractivity contribution in [3.05, 3.63) is 52.8 Å². The van der Waals surface area contributed by atoms with Crippen LogP contribution in [0.4, 0.5) is 16.2 Å². The zero-order chi connectivity index (χ0) is 20.8. The van der Waals surface area contributed by atoms with E-state index in [1.807, 2.05) is 0 Å². The molecule has 4 N–H and O–H groups in total. The van der Waals surface area contributed by atoms with Crippen molar-refractivity contribution in [1.29, 1.82) is 0 Å². The van der Waals surface area contributed by atoms with E-state index < -0.39 is 6.09 Å². The summed E-state index contributed by atoms with van der Waals surface area (Å²) in [6.45, 7) is 0. The largest absolute Gasteiger partial charge is 0.465 e. The summed E-state index contributed by atoms with van der Waals surface area (Å²) in [5.41, 5.74) is 1.48. The van der Waals surface area contributed by atoms with E-state index in [-0.39, 0.29) is 23.8 Å². The molecule has 1 aliphatic rings. The highest BCUT2D eigenvalue weighted by atomic mass is 79.9. The second-order valence-corrected chi connectivity index (χ2v) is 7.69. The molecule has 1 aromatic carbocycles. The monoisotopic (exact) mass is 460 g/mol. The molecule has 1 heterocycles. The van der Waals surface area contributed by atoms with Gasteiger partial charge in [-0.05, 0) is 71.6 Å². The molecule has 0 unspecified atom stereocenters. The second-order valence-electron chi connectivity index (χ2n) is 6.88. The van der Waals surface area contributed by atoms with E-state index in [4.69, 9.17) is 5.11 Å². The summed E-state index contributed by atoms with van der Waals surface area (Å²) in [7, 11) is 0. The molecule has 29 heavy (non-hydrogen) atoms. The number of hydrogen-bond donors (Lipinski definition) is 4. The summed E-state index contributed by atoms with van der Waals surface area (Å²) in [6, 6.07) is 11.7. The van der Waals surface area contributed by atoms with Crippen LogP contribution in [-0.4, -0.2) is 34.0 Å². The third-order valence-electron chi connectivity index (χ3n) is 4.73. The Morgan fingerprint density at radius 2 is 1.69 bits per heavy atom. The van der Waals surface area contributed by atoms with Crippen molar-refractivity contribution < 1.29 is 19.5 Å². The van der Waals surface area contributed by atoms with Crippen molar-refractivity contribution in [2.75, 3.05) is 10.6 Å². The molecule has 2 aromatic rings. The van der Waals surface area contributed by atoms with Crippen molar-refractivity contribution in [2.24, 2.45) is 5.92 Å². The quantitative estimate of drug-likeness (QED) is 0.504. The minimum atomic E-state index is -1.06. The molecule has 2 atom stereocenters. The van der Waals surface area contributed by atoms with Crippen molar-refractivity contribution in [3.63, 3.8) is 0 Å². The first-order valence-corrected chi connectivity index (χ1v) is 10.0. The standard InChI is InChI=1S/C20H21BrN4O4/c21-17-6-2-5-16(25-17)19(27)23-14-9-7-13(8-10-14)22-18(26)12-3-1-4-15(11-12)24-20(28)29/h2,5-10,12,15,24H,1,3-4,11H2,(H,22,26)(H,23,27)(H,28,29)/t12-,15+/m1/s1. The molecule has 0 spiro atoms. The van der Waals surface area contributed by atoms with Gasteiger partial charge in [-0.2, -0.15) is 0 Å². The van der Waals surface area contributed by atoms with Gasteiger partial charge < -0.3 is 21.1 Å². The van der Waals surface area contributed by atoms with E-state index >= 15 is 0 Å². The van der Waals surface area contributed by atoms with Gasteiger partial charge in [-0.3, -0.25) is 9.59 Å². The molecule has 3 amide bonds. The van der Waals surface area contributed by atoms with Crippen LogP contribution in [0.5, 0.6) is 0 Å². The number of nitrogens with zero attached hydrogens (tertiary/aromatic N) is 1. The second kappa shape index (κ2) is 9.51. The van der Waals surface area contributed by atoms with Gasteiger partial charge >= 0.3 is 6.09 Å². The number of amides is 3. The Labute approximate surface area is 176 Å². The van der Waals surface area contributed by atoms with Crippen molar-refractivity contribution >= 4 is 45.2 Å². The minimum absolute atomic E-state index is 0.128. The fourth-order valence-electron chi connectivity index (χ4n) is 3.34. The average molecular weight is 461 g/mol. The molecule has 1 fully saturated rings. The summed E-state index contributed by atoms with van der Waals surface area (Å²) in [5.74, 6) is -0.693. The first-order valence-electron chi connectivity index (χ1n) is 9.25. The van der Waals surface area contributed by atoms with Gasteiger partial charge in [0.1, 0.15) is 10.3 Å². The predicted octanol–water partition coefficient (Wildman–Crippen LogP) is 3.86. The van der Waals surface area contributed by atoms with Gasteiger partial charge in [0.05, 0.1) is 0 Å². The highest BCUT2D eigenvalue weighted by Gasteiger charge is 2.28. The van der Waals surface area contributed by atoms with Crippen LogP contribution in [0.15, 0.2) is 47.1 Å². The smallest absolute Gasteiger partial charge is 0.404 e. The van der Waals surface area contributed by atoms with Crippen LogP contribution in [0.2, 0.25) is 0 Å². The van der Waals surface area contributed by atoms with E-state index in [9.17, 15) is 14.4 Å². The Bertz CT molecular complexity index is 904. The summed E-state index contributed by atoms with van der Waals surface area (Å²) in [6.07, 6.45) is 1.71. The number of carboxylic acid groups (broad SMARTS) is 1. The summed E-state index contributed by atoms with van der Waals surface area (Å²) >= 11 is 3.23. The molecule has 0 bridgehead atoms. The van der Waals surface area contributed by atoms with Gasteiger partial charge in [-0.15, -0.1) is 0 Å². The lowest BCUT2D eigenvalue weighted by Crippen LogP contribution is -2.40. The van der Waals surface area contributed by atoms with E-state index in [2.05, 4.69) is 36.9 Å². The highest BCUT2D eigenvalue weighted by Crippen LogP contribution is 2.26. The molecule has 9 heteroatoms. The molecular weight excluding hydrogens is 440 g/mol. The zero-order valence-electron chi connectivity index (χ0n) is 15.5. The van der Waals surface area contributed by atoms with Gasteiger partial charge in [0, 0.05) is 23.3 Å². The maximum absolute atomic E-state index is 12.5. The molecule has 1 aromatic heterocycles. The van der Waals surface area contributed by atoms with Crippen LogP contribution in [0.1, 0.15) is 36.2 Å². The normalized spacial score (nSPS) is 18.5. The van der Waals surface area contributed by atoms with Crippen molar-refractivity contribution in [2.45, 2.75) is 31.7 Å². The number of carbonyl (C=O) groups excluding carboxylic acids is 2. The van der Waals surface area contributed by atoms with Crippen LogP contribution in [0.25, 0.3) is 0 Å². The molecule has 8 nitrogen and oxygen atoms in total. The topological polar surface area (TPSA) is 120 Å². The molecule has 152 valence electrons. The average Bonchev–Trinajstić information content (AvgIpc) is 2.69. The number of pyridine rings is 1. The first-order chi connectivity index (χ1) is 13.9. The third kappa shape index (κ3) is 6.02. The van der Waals surface area contributed by atoms with Crippen molar-refractivity contribution in [1.82, 2.24) is 10.3 Å². The molecule has 0 radical (unpaired) electrons. The predicted molar refractivity (Wildman–Crippen MR) is 112 cm³/mol. The number of nitrogens with one attached hydrogen (secondary N) is 3. The fourth-order valence-corrected chi connectivity index (χ4v) is 3.69. The highest BCUT2D eigenvalue weighted by molar-refractivity contribution is 9.10. The number of aromatic nitrogens is 1. The summed E-state index contributed by atoms with van der Waals surface area (Å²) in [4.78, 5) is 39.7. The van der Waals surface area contributed by atoms with Gasteiger partial charge in [-0.1, -0.05) is 12.5 Å². The molecule has 3 rings (SSSR count). The van der Waals surface area contributed by atoms with Gasteiger partial charge in [0.2, 0.25) is 5.91 Å². The van der Waals surface area contributed by atoms with Crippen LogP contribution in [-0.2, 0) is 4.79 Å². The Balaban J connectivity index is 1.55. The number of hydrogen-bond acceptors (Lipinski definition) is 4. The maximum atomic E-state index is 12.5. The molecule has 1 aliphatic carbocycles. The number of rotatable bonds is 5. The minimum Gasteiger partial charge on any atom is -0.465 e. The lowest BCUT2D eigenvalue weighted by molar-refractivity contribution is -0.121. The fraction of sp³-hybridized carbons (Fsp3) is 0.300. The Hall–Kier alpha value is -2.94. The Morgan fingerprint density at radius 3 is 2.34 bits per heavy atom. The van der Waals surface area contributed by atoms with Crippen LogP contribution in [0, 0.1) is 5.92 Å². The molecular formula is C20H21BrN4O4. The maximum Gasteiger partial charge on any atom is 0.404 e. The number of benzene rings is 1. The third-order valence-corrected chi connectivity index (χ3v) is 5.17. The number of halogens is 1. The van der Waals surface area contributed by atoms with Gasteiger partial charge in [-0.25, -0.2) is 9.78 Å². The SMILES string of the molecule is O=C(O)N[C@H]1CCC[C@@H](C(=O)Nc2ccc(NC(=O)c3cccc(Br)n3)cc2)C1. The zero-order valence-corrected chi connectivity index (χ0v) is 17.1. The number of carbonyl (C=O) groups is 3. The lowest BCUT2D eigenvalue weighted by atomic mass is 9.85. The number of anilines is 2. The van der Waals surface area contributed by atoms with E-state index in [1.165, 1.54) is 0 Å². The van der Waals surface area contributed by atoms with Gasteiger partial charge in [0.25, 0.3) is 5.91 Å². The first kappa shape index (κ1) is 20.8. The Morgan fingerprint density at radius 1 is 1.00 bits per heavy atom. The van der Waals surface area contributed by atoms with E-state index in [0.717, 1.165) is 19.3 Å². The van der Waals surface area contributed by atoms with Crippen LogP contribution < -0.4 is 16.0 Å². The van der Waals surface area contributed by atoms with Crippen LogP contribution in [0.3, 0.4) is 0 Å². The molecule has 1 saturated carbocycles. The van der Waals surface area contributed by atoms with E-state index in [1.54, 1.807) is 42.5 Å². The van der Waals surface area contributed by atoms with E-state index in [0.29, 0.717) is 28.1 Å².